The minimum Gasteiger partial charge on any atom is -0.467 e. The number of likely N-dealkylation sites (tertiary alicyclic amines) is 1. The first-order chi connectivity index (χ1) is 14.4. The molecule has 30 heavy (non-hydrogen) atoms. The average molecular weight is 446 g/mol. The summed E-state index contributed by atoms with van der Waals surface area (Å²) in [6.07, 6.45) is 3.63. The summed E-state index contributed by atoms with van der Waals surface area (Å²) < 4.78 is 7.01. The molecule has 0 saturated carbocycles. The van der Waals surface area contributed by atoms with Crippen LogP contribution in [0, 0.1) is 5.92 Å². The summed E-state index contributed by atoms with van der Waals surface area (Å²) in [7, 11) is 0. The van der Waals surface area contributed by atoms with Crippen molar-refractivity contribution in [2.45, 2.75) is 43.6 Å². The second-order valence-corrected chi connectivity index (χ2v) is 9.54. The topological polar surface area (TPSA) is 68.3 Å². The van der Waals surface area contributed by atoms with Gasteiger partial charge in [0.2, 0.25) is 5.91 Å². The molecule has 1 saturated heterocycles. The van der Waals surface area contributed by atoms with E-state index >= 15 is 0 Å². The van der Waals surface area contributed by atoms with Crippen LogP contribution in [0.4, 0.5) is 0 Å². The van der Waals surface area contributed by atoms with Gasteiger partial charge in [-0.1, -0.05) is 30.3 Å². The zero-order chi connectivity index (χ0) is 21.3. The Balaban J connectivity index is 1.67. The van der Waals surface area contributed by atoms with Gasteiger partial charge in [-0.3, -0.25) is 14.2 Å². The first-order valence-corrected chi connectivity index (χ1v) is 11.4. The van der Waals surface area contributed by atoms with E-state index in [-0.39, 0.29) is 23.3 Å². The van der Waals surface area contributed by atoms with E-state index in [1.165, 1.54) is 11.8 Å². The van der Waals surface area contributed by atoms with E-state index < -0.39 is 0 Å². The fourth-order valence-corrected chi connectivity index (χ4v) is 4.81. The summed E-state index contributed by atoms with van der Waals surface area (Å²) in [5, 5.41) is 1.13. The standard InChI is InChI=1S/C22H24ClN3O3S/c1-14-7-9-25(10-8-14)20(27)15(2)30-22-24-19-12-16(23)5-6-18(19)21(28)26(22)13-17-4-3-11-29-17/h3-6,11-12,14-15H,7-10,13H2,1-2H3. The van der Waals surface area contributed by atoms with Crippen molar-refractivity contribution in [1.29, 1.82) is 0 Å². The Morgan fingerprint density at radius 1 is 1.33 bits per heavy atom. The molecule has 2 aromatic heterocycles. The highest BCUT2D eigenvalue weighted by Crippen LogP contribution is 2.27. The highest BCUT2D eigenvalue weighted by atomic mass is 35.5. The Bertz CT molecular complexity index is 1100. The highest BCUT2D eigenvalue weighted by molar-refractivity contribution is 8.00. The van der Waals surface area contributed by atoms with Crippen molar-refractivity contribution in [2.24, 2.45) is 5.92 Å². The molecule has 1 fully saturated rings. The summed E-state index contributed by atoms with van der Waals surface area (Å²) in [6.45, 7) is 5.91. The normalized spacial score (nSPS) is 16.2. The number of halogens is 1. The molecule has 0 N–H and O–H groups in total. The SMILES string of the molecule is CC1CCN(C(=O)C(C)Sc2nc3cc(Cl)ccc3c(=O)n2Cc2ccco2)CC1. The predicted octanol–water partition coefficient (Wildman–Crippen LogP) is 4.43. The number of fused-ring (bicyclic) bond motifs is 1. The van der Waals surface area contributed by atoms with Crippen LogP contribution >= 0.6 is 23.4 Å². The van der Waals surface area contributed by atoms with E-state index in [1.54, 1.807) is 35.1 Å². The lowest BCUT2D eigenvalue weighted by atomic mass is 9.99. The molecule has 158 valence electrons. The van der Waals surface area contributed by atoms with Crippen LogP contribution in [0.3, 0.4) is 0 Å². The second-order valence-electron chi connectivity index (χ2n) is 7.79. The molecule has 6 nitrogen and oxygen atoms in total. The van der Waals surface area contributed by atoms with Crippen LogP contribution in [0.5, 0.6) is 0 Å². The van der Waals surface area contributed by atoms with E-state index in [0.29, 0.717) is 32.8 Å². The number of carbonyl (C=O) groups is 1. The Morgan fingerprint density at radius 3 is 2.80 bits per heavy atom. The molecule has 3 heterocycles. The van der Waals surface area contributed by atoms with Gasteiger partial charge in [0.25, 0.3) is 5.56 Å². The highest BCUT2D eigenvalue weighted by Gasteiger charge is 2.27. The van der Waals surface area contributed by atoms with Crippen molar-refractivity contribution in [3.05, 3.63) is 57.7 Å². The molecule has 1 unspecified atom stereocenters. The third-order valence-corrected chi connectivity index (χ3v) is 6.81. The Hall–Kier alpha value is -2.25. The van der Waals surface area contributed by atoms with Gasteiger partial charge in [0, 0.05) is 18.1 Å². The molecule has 8 heteroatoms. The van der Waals surface area contributed by atoms with E-state index in [0.717, 1.165) is 25.9 Å². The molecule has 1 atom stereocenters. The third kappa shape index (κ3) is 4.42. The molecule has 1 aliphatic rings. The lowest BCUT2D eigenvalue weighted by molar-refractivity contribution is -0.131. The summed E-state index contributed by atoms with van der Waals surface area (Å²) in [6, 6.07) is 8.64. The van der Waals surface area contributed by atoms with Crippen LogP contribution in [-0.4, -0.2) is 38.7 Å². The summed E-state index contributed by atoms with van der Waals surface area (Å²) in [4.78, 5) is 32.8. The fraction of sp³-hybridized carbons (Fsp3) is 0.409. The number of carbonyl (C=O) groups excluding carboxylic acids is 1. The summed E-state index contributed by atoms with van der Waals surface area (Å²) in [5.41, 5.74) is 0.346. The van der Waals surface area contributed by atoms with E-state index in [9.17, 15) is 9.59 Å². The zero-order valence-electron chi connectivity index (χ0n) is 17.0. The van der Waals surface area contributed by atoms with Crippen molar-refractivity contribution in [1.82, 2.24) is 14.5 Å². The van der Waals surface area contributed by atoms with Gasteiger partial charge in [-0.15, -0.1) is 0 Å². The van der Waals surface area contributed by atoms with Gasteiger partial charge in [0.1, 0.15) is 5.76 Å². The molecule has 0 spiro atoms. The van der Waals surface area contributed by atoms with E-state index in [2.05, 4.69) is 11.9 Å². The van der Waals surface area contributed by atoms with Gasteiger partial charge in [0.15, 0.2) is 5.16 Å². The monoisotopic (exact) mass is 445 g/mol. The molecular formula is C22H24ClN3O3S. The summed E-state index contributed by atoms with van der Waals surface area (Å²) >= 11 is 7.42. The van der Waals surface area contributed by atoms with Crippen LogP contribution in [0.25, 0.3) is 10.9 Å². The Kier molecular flexibility index (Phi) is 6.20. The minimum absolute atomic E-state index is 0.0805. The smallest absolute Gasteiger partial charge is 0.262 e. The van der Waals surface area contributed by atoms with Crippen molar-refractivity contribution < 1.29 is 9.21 Å². The number of benzene rings is 1. The van der Waals surface area contributed by atoms with Crippen molar-refractivity contribution in [2.75, 3.05) is 13.1 Å². The minimum atomic E-state index is -0.357. The van der Waals surface area contributed by atoms with Crippen molar-refractivity contribution >= 4 is 40.2 Å². The Labute approximate surface area is 184 Å². The summed E-state index contributed by atoms with van der Waals surface area (Å²) in [5.74, 6) is 1.39. The largest absolute Gasteiger partial charge is 0.467 e. The molecule has 1 aromatic carbocycles. The van der Waals surface area contributed by atoms with Gasteiger partial charge in [-0.05, 0) is 56.0 Å². The van der Waals surface area contributed by atoms with Crippen LogP contribution in [0.2, 0.25) is 5.02 Å². The molecule has 1 amide bonds. The molecule has 0 aliphatic carbocycles. The van der Waals surface area contributed by atoms with Crippen LogP contribution in [-0.2, 0) is 11.3 Å². The van der Waals surface area contributed by atoms with E-state index in [4.69, 9.17) is 16.0 Å². The van der Waals surface area contributed by atoms with E-state index in [1.807, 2.05) is 17.9 Å². The van der Waals surface area contributed by atoms with Gasteiger partial charge < -0.3 is 9.32 Å². The van der Waals surface area contributed by atoms with Crippen LogP contribution in [0.1, 0.15) is 32.4 Å². The lowest BCUT2D eigenvalue weighted by Gasteiger charge is -2.32. The van der Waals surface area contributed by atoms with Crippen molar-refractivity contribution in [3.8, 4) is 0 Å². The number of piperidine rings is 1. The van der Waals surface area contributed by atoms with Gasteiger partial charge in [0.05, 0.1) is 29.0 Å². The third-order valence-electron chi connectivity index (χ3n) is 5.50. The van der Waals surface area contributed by atoms with Crippen molar-refractivity contribution in [3.63, 3.8) is 0 Å². The number of hydrogen-bond acceptors (Lipinski definition) is 5. The van der Waals surface area contributed by atoms with Gasteiger partial charge >= 0.3 is 0 Å². The number of nitrogens with zero attached hydrogens (tertiary/aromatic N) is 3. The van der Waals surface area contributed by atoms with Crippen LogP contribution in [0.15, 0.2) is 51.0 Å². The molecule has 3 aromatic rings. The first-order valence-electron chi connectivity index (χ1n) is 10.1. The number of rotatable bonds is 5. The predicted molar refractivity (Wildman–Crippen MR) is 119 cm³/mol. The number of furan rings is 1. The zero-order valence-corrected chi connectivity index (χ0v) is 18.6. The number of hydrogen-bond donors (Lipinski definition) is 0. The molecule has 4 rings (SSSR count). The average Bonchev–Trinajstić information content (AvgIpc) is 3.24. The second kappa shape index (κ2) is 8.86. The quantitative estimate of drug-likeness (QED) is 0.429. The Morgan fingerprint density at radius 2 is 2.10 bits per heavy atom. The lowest BCUT2D eigenvalue weighted by Crippen LogP contribution is -2.42. The number of aromatic nitrogens is 2. The maximum absolute atomic E-state index is 13.2. The molecule has 0 bridgehead atoms. The van der Waals surface area contributed by atoms with Crippen LogP contribution < -0.4 is 5.56 Å². The number of thioether (sulfide) groups is 1. The molecule has 0 radical (unpaired) electrons. The van der Waals surface area contributed by atoms with Gasteiger partial charge in [-0.2, -0.15) is 0 Å². The first kappa shape index (κ1) is 21.0. The fourth-order valence-electron chi connectivity index (χ4n) is 3.66. The maximum Gasteiger partial charge on any atom is 0.262 e. The molecule has 1 aliphatic heterocycles. The maximum atomic E-state index is 13.2. The number of amides is 1. The van der Waals surface area contributed by atoms with Gasteiger partial charge in [-0.25, -0.2) is 4.98 Å². The molecular weight excluding hydrogens is 422 g/mol.